The predicted molar refractivity (Wildman–Crippen MR) is 75.5 cm³/mol. The second kappa shape index (κ2) is 5.21. The molecule has 1 N–H and O–H groups in total. The number of benzene rings is 1. The van der Waals surface area contributed by atoms with Crippen LogP contribution in [-0.4, -0.2) is 31.7 Å². The maximum Gasteiger partial charge on any atom is 0.227 e. The third-order valence-electron chi connectivity index (χ3n) is 4.03. The van der Waals surface area contributed by atoms with Crippen molar-refractivity contribution >= 4 is 17.3 Å². The molecule has 3 rings (SSSR count). The summed E-state index contributed by atoms with van der Waals surface area (Å²) in [6.07, 6.45) is 4.16. The molecule has 1 aromatic carbocycles. The minimum absolute atomic E-state index is 0.236. The molecule has 0 radical (unpaired) electrons. The van der Waals surface area contributed by atoms with Crippen LogP contribution in [0.3, 0.4) is 0 Å². The number of nitrogens with zero attached hydrogens (tertiary/aromatic N) is 1. The van der Waals surface area contributed by atoms with E-state index in [0.717, 1.165) is 37.2 Å². The van der Waals surface area contributed by atoms with Crippen molar-refractivity contribution in [2.24, 2.45) is 0 Å². The summed E-state index contributed by atoms with van der Waals surface area (Å²) in [7, 11) is 1.76. The number of rotatable bonds is 4. The molecule has 1 heterocycles. The lowest BCUT2D eigenvalue weighted by Gasteiger charge is -2.35. The molecule has 0 spiro atoms. The van der Waals surface area contributed by atoms with Crippen LogP contribution in [-0.2, 0) is 9.53 Å². The van der Waals surface area contributed by atoms with Gasteiger partial charge < -0.3 is 15.0 Å². The third-order valence-corrected chi connectivity index (χ3v) is 4.03. The fourth-order valence-electron chi connectivity index (χ4n) is 2.80. The molecule has 1 amide bonds. The molecule has 0 unspecified atom stereocenters. The predicted octanol–water partition coefficient (Wildman–Crippen LogP) is 2.40. The topological polar surface area (TPSA) is 41.6 Å². The van der Waals surface area contributed by atoms with E-state index in [4.69, 9.17) is 4.74 Å². The number of carbonyl (C=O) groups excluding carboxylic acids is 1. The highest BCUT2D eigenvalue weighted by atomic mass is 16.5. The quantitative estimate of drug-likeness (QED) is 0.904. The van der Waals surface area contributed by atoms with Crippen LogP contribution in [0.4, 0.5) is 11.4 Å². The standard InChI is InChI=1S/C15H20N2O2/c1-19-14-9-12(10-14)16-11-4-2-5-13(8-11)17-7-3-6-15(17)18/h2,4-5,8,12,14,16H,3,6-7,9-10H2,1H3. The van der Waals surface area contributed by atoms with Crippen molar-refractivity contribution in [3.8, 4) is 0 Å². The van der Waals surface area contributed by atoms with E-state index >= 15 is 0 Å². The Kier molecular flexibility index (Phi) is 3.42. The lowest BCUT2D eigenvalue weighted by molar-refractivity contribution is -0.117. The summed E-state index contributed by atoms with van der Waals surface area (Å²) >= 11 is 0. The second-order valence-corrected chi connectivity index (χ2v) is 5.37. The maximum atomic E-state index is 11.7. The fourth-order valence-corrected chi connectivity index (χ4v) is 2.80. The molecule has 19 heavy (non-hydrogen) atoms. The summed E-state index contributed by atoms with van der Waals surface area (Å²) in [6, 6.07) is 8.64. The summed E-state index contributed by atoms with van der Waals surface area (Å²) < 4.78 is 5.28. The lowest BCUT2D eigenvalue weighted by atomic mass is 9.89. The van der Waals surface area contributed by atoms with E-state index in [1.165, 1.54) is 0 Å². The van der Waals surface area contributed by atoms with Crippen LogP contribution in [0.15, 0.2) is 24.3 Å². The smallest absolute Gasteiger partial charge is 0.227 e. The van der Waals surface area contributed by atoms with E-state index in [2.05, 4.69) is 17.4 Å². The van der Waals surface area contributed by atoms with Crippen molar-refractivity contribution in [3.05, 3.63) is 24.3 Å². The van der Waals surface area contributed by atoms with Gasteiger partial charge in [0, 0.05) is 37.5 Å². The van der Waals surface area contributed by atoms with E-state index in [9.17, 15) is 4.79 Å². The first-order chi connectivity index (χ1) is 9.26. The van der Waals surface area contributed by atoms with Gasteiger partial charge in [-0.25, -0.2) is 0 Å². The highest BCUT2D eigenvalue weighted by Crippen LogP contribution is 2.29. The number of hydrogen-bond acceptors (Lipinski definition) is 3. The Labute approximate surface area is 113 Å². The maximum absolute atomic E-state index is 11.7. The summed E-state index contributed by atoms with van der Waals surface area (Å²) in [4.78, 5) is 13.6. The number of hydrogen-bond donors (Lipinski definition) is 1. The number of carbonyl (C=O) groups is 1. The van der Waals surface area contributed by atoms with Gasteiger partial charge in [-0.2, -0.15) is 0 Å². The second-order valence-electron chi connectivity index (χ2n) is 5.37. The SMILES string of the molecule is COC1CC(Nc2cccc(N3CCCC3=O)c2)C1. The van der Waals surface area contributed by atoms with Crippen molar-refractivity contribution < 1.29 is 9.53 Å². The van der Waals surface area contributed by atoms with Gasteiger partial charge in [0.15, 0.2) is 0 Å². The molecular weight excluding hydrogens is 240 g/mol. The Morgan fingerprint density at radius 3 is 2.89 bits per heavy atom. The van der Waals surface area contributed by atoms with Gasteiger partial charge in [-0.1, -0.05) is 6.07 Å². The van der Waals surface area contributed by atoms with Crippen LogP contribution in [0.5, 0.6) is 0 Å². The summed E-state index contributed by atoms with van der Waals surface area (Å²) in [6.45, 7) is 0.845. The summed E-state index contributed by atoms with van der Waals surface area (Å²) in [5.41, 5.74) is 2.10. The summed E-state index contributed by atoms with van der Waals surface area (Å²) in [5, 5.41) is 3.50. The number of anilines is 2. The first-order valence-corrected chi connectivity index (χ1v) is 6.96. The Bertz CT molecular complexity index is 469. The molecule has 1 saturated carbocycles. The number of nitrogens with one attached hydrogen (secondary N) is 1. The minimum Gasteiger partial charge on any atom is -0.382 e. The van der Waals surface area contributed by atoms with E-state index in [-0.39, 0.29) is 5.91 Å². The van der Waals surface area contributed by atoms with Gasteiger partial charge in [0.1, 0.15) is 0 Å². The molecule has 1 aliphatic carbocycles. The molecule has 1 saturated heterocycles. The van der Waals surface area contributed by atoms with E-state index in [1.54, 1.807) is 7.11 Å². The molecule has 0 bridgehead atoms. The first-order valence-electron chi connectivity index (χ1n) is 6.96. The van der Waals surface area contributed by atoms with Crippen LogP contribution in [0.2, 0.25) is 0 Å². The van der Waals surface area contributed by atoms with E-state index < -0.39 is 0 Å². The Balaban J connectivity index is 1.65. The average Bonchev–Trinajstić information content (AvgIpc) is 2.80. The molecule has 102 valence electrons. The molecule has 0 atom stereocenters. The van der Waals surface area contributed by atoms with Crippen LogP contribution < -0.4 is 10.2 Å². The van der Waals surface area contributed by atoms with Crippen molar-refractivity contribution in [1.82, 2.24) is 0 Å². The highest BCUT2D eigenvalue weighted by Gasteiger charge is 2.29. The van der Waals surface area contributed by atoms with Crippen molar-refractivity contribution in [3.63, 3.8) is 0 Å². The molecule has 2 aliphatic rings. The molecule has 1 aromatic rings. The van der Waals surface area contributed by atoms with E-state index in [0.29, 0.717) is 18.6 Å². The summed E-state index contributed by atoms with van der Waals surface area (Å²) in [5.74, 6) is 0.236. The zero-order chi connectivity index (χ0) is 13.2. The highest BCUT2D eigenvalue weighted by molar-refractivity contribution is 5.95. The van der Waals surface area contributed by atoms with Gasteiger partial charge in [0.2, 0.25) is 5.91 Å². The van der Waals surface area contributed by atoms with Gasteiger partial charge in [-0.3, -0.25) is 4.79 Å². The van der Waals surface area contributed by atoms with Gasteiger partial charge in [0.05, 0.1) is 6.10 Å². The molecule has 1 aliphatic heterocycles. The Hall–Kier alpha value is -1.55. The Morgan fingerprint density at radius 2 is 2.21 bits per heavy atom. The van der Waals surface area contributed by atoms with Crippen molar-refractivity contribution in [1.29, 1.82) is 0 Å². The molecule has 2 fully saturated rings. The normalized spacial score (nSPS) is 26.4. The van der Waals surface area contributed by atoms with Crippen LogP contribution in [0.25, 0.3) is 0 Å². The molecule has 4 nitrogen and oxygen atoms in total. The average molecular weight is 260 g/mol. The third kappa shape index (κ3) is 2.59. The molecule has 0 aromatic heterocycles. The zero-order valence-corrected chi connectivity index (χ0v) is 11.3. The van der Waals surface area contributed by atoms with Crippen molar-refractivity contribution in [2.75, 3.05) is 23.9 Å². The monoisotopic (exact) mass is 260 g/mol. The van der Waals surface area contributed by atoms with E-state index in [1.807, 2.05) is 17.0 Å². The number of methoxy groups -OCH3 is 1. The lowest BCUT2D eigenvalue weighted by Crippen LogP contribution is -2.40. The van der Waals surface area contributed by atoms with Crippen LogP contribution >= 0.6 is 0 Å². The van der Waals surface area contributed by atoms with Crippen LogP contribution in [0, 0.1) is 0 Å². The largest absolute Gasteiger partial charge is 0.382 e. The van der Waals surface area contributed by atoms with Gasteiger partial charge in [-0.05, 0) is 37.5 Å². The number of amides is 1. The first kappa shape index (κ1) is 12.5. The van der Waals surface area contributed by atoms with Gasteiger partial charge >= 0.3 is 0 Å². The minimum atomic E-state index is 0.236. The molecule has 4 heteroatoms. The number of ether oxygens (including phenoxy) is 1. The Morgan fingerprint density at radius 1 is 1.37 bits per heavy atom. The van der Waals surface area contributed by atoms with Gasteiger partial charge in [0.25, 0.3) is 0 Å². The van der Waals surface area contributed by atoms with Gasteiger partial charge in [-0.15, -0.1) is 0 Å². The van der Waals surface area contributed by atoms with Crippen LogP contribution in [0.1, 0.15) is 25.7 Å². The zero-order valence-electron chi connectivity index (χ0n) is 11.3. The molecular formula is C15H20N2O2. The fraction of sp³-hybridized carbons (Fsp3) is 0.533. The van der Waals surface area contributed by atoms with Crippen molar-refractivity contribution in [2.45, 2.75) is 37.8 Å².